The second-order valence-corrected chi connectivity index (χ2v) is 10.7. The number of benzene rings is 6. The van der Waals surface area contributed by atoms with E-state index in [0.717, 1.165) is 44.5 Å². The molecule has 0 aliphatic carbocycles. The summed E-state index contributed by atoms with van der Waals surface area (Å²) < 4.78 is 0. The minimum Gasteiger partial charge on any atom is -0.208 e. The first-order valence-electron chi connectivity index (χ1n) is 14.1. The smallest absolute Gasteiger partial charge is 0.164 e. The second-order valence-electron chi connectivity index (χ2n) is 10.3. The van der Waals surface area contributed by atoms with Gasteiger partial charge in [0.1, 0.15) is 0 Å². The largest absolute Gasteiger partial charge is 0.208 e. The quantitative estimate of drug-likeness (QED) is 0.199. The number of halogens is 1. The zero-order chi connectivity index (χ0) is 29.0. The molecule has 7 rings (SSSR count). The summed E-state index contributed by atoms with van der Waals surface area (Å²) >= 11 is 6.31. The highest BCUT2D eigenvalue weighted by Crippen LogP contribution is 2.34. The first-order chi connectivity index (χ1) is 21.2. The molecule has 6 aromatic carbocycles. The Bertz CT molecular complexity index is 2020. The van der Waals surface area contributed by atoms with Crippen molar-refractivity contribution in [1.82, 2.24) is 15.0 Å². The van der Waals surface area contributed by atoms with Gasteiger partial charge in [0.05, 0.1) is 0 Å². The maximum atomic E-state index is 6.31. The average Bonchev–Trinajstić information content (AvgIpc) is 3.09. The van der Waals surface area contributed by atoms with Gasteiger partial charge < -0.3 is 0 Å². The van der Waals surface area contributed by atoms with Crippen LogP contribution in [-0.2, 0) is 0 Å². The Morgan fingerprint density at radius 2 is 0.767 bits per heavy atom. The van der Waals surface area contributed by atoms with Crippen LogP contribution in [0.4, 0.5) is 0 Å². The minimum atomic E-state index is 0.610. The zero-order valence-corrected chi connectivity index (χ0v) is 24.0. The van der Waals surface area contributed by atoms with E-state index in [1.165, 1.54) is 5.56 Å². The molecule has 0 aliphatic rings. The molecule has 0 amide bonds. The van der Waals surface area contributed by atoms with Gasteiger partial charge in [0.25, 0.3) is 0 Å². The van der Waals surface area contributed by atoms with Crippen molar-refractivity contribution in [3.63, 3.8) is 0 Å². The molecule has 0 aliphatic heterocycles. The summed E-state index contributed by atoms with van der Waals surface area (Å²) in [4.78, 5) is 15.1. The van der Waals surface area contributed by atoms with Crippen molar-refractivity contribution in [1.29, 1.82) is 0 Å². The summed E-state index contributed by atoms with van der Waals surface area (Å²) in [5, 5.41) is 0.698. The third-order valence-corrected chi connectivity index (χ3v) is 7.65. The molecule has 3 nitrogen and oxygen atoms in total. The molecule has 0 spiro atoms. The van der Waals surface area contributed by atoms with Crippen molar-refractivity contribution in [2.45, 2.75) is 0 Å². The van der Waals surface area contributed by atoms with E-state index in [4.69, 9.17) is 26.6 Å². The molecule has 0 bridgehead atoms. The third-order valence-electron chi connectivity index (χ3n) is 7.42. The zero-order valence-electron chi connectivity index (χ0n) is 23.2. The Hall–Kier alpha value is -5.38. The molecule has 43 heavy (non-hydrogen) atoms. The summed E-state index contributed by atoms with van der Waals surface area (Å²) in [7, 11) is 0. The van der Waals surface area contributed by atoms with Gasteiger partial charge >= 0.3 is 0 Å². The van der Waals surface area contributed by atoms with Crippen LogP contribution < -0.4 is 0 Å². The number of rotatable bonds is 6. The second kappa shape index (κ2) is 11.8. The van der Waals surface area contributed by atoms with Gasteiger partial charge in [-0.25, -0.2) is 15.0 Å². The molecule has 0 radical (unpaired) electrons. The van der Waals surface area contributed by atoms with Crippen LogP contribution >= 0.6 is 11.6 Å². The predicted molar refractivity (Wildman–Crippen MR) is 177 cm³/mol. The Morgan fingerprint density at radius 3 is 1.47 bits per heavy atom. The Kier molecular flexibility index (Phi) is 7.31. The van der Waals surface area contributed by atoms with E-state index in [1.54, 1.807) is 0 Å². The van der Waals surface area contributed by atoms with Gasteiger partial charge in [0, 0.05) is 21.7 Å². The van der Waals surface area contributed by atoms with E-state index in [9.17, 15) is 0 Å². The fourth-order valence-corrected chi connectivity index (χ4v) is 5.44. The van der Waals surface area contributed by atoms with Crippen LogP contribution in [0.1, 0.15) is 0 Å². The Balaban J connectivity index is 1.38. The number of aromatic nitrogens is 3. The molecular formula is C39H26ClN3. The summed E-state index contributed by atoms with van der Waals surface area (Å²) in [5.41, 5.74) is 9.34. The van der Waals surface area contributed by atoms with Crippen molar-refractivity contribution in [2.75, 3.05) is 0 Å². The summed E-state index contributed by atoms with van der Waals surface area (Å²) in [6, 6.07) is 53.5. The average molecular weight is 572 g/mol. The molecule has 0 unspecified atom stereocenters. The highest BCUT2D eigenvalue weighted by atomic mass is 35.5. The number of nitrogens with zero attached hydrogens (tertiary/aromatic N) is 3. The topological polar surface area (TPSA) is 38.7 Å². The van der Waals surface area contributed by atoms with E-state index in [0.29, 0.717) is 22.5 Å². The monoisotopic (exact) mass is 571 g/mol. The SMILES string of the molecule is Clc1cccc(-c2cccc(-c3nc(-c4ccc(-c5ccccc5)cc4)nc(-c4ccccc4-c4ccccc4)n3)c2)c1. The number of hydrogen-bond donors (Lipinski definition) is 0. The third kappa shape index (κ3) is 5.72. The molecule has 7 aromatic rings. The molecular weight excluding hydrogens is 546 g/mol. The van der Waals surface area contributed by atoms with E-state index >= 15 is 0 Å². The van der Waals surface area contributed by atoms with Gasteiger partial charge in [-0.05, 0) is 51.6 Å². The van der Waals surface area contributed by atoms with Crippen molar-refractivity contribution < 1.29 is 0 Å². The Morgan fingerprint density at radius 1 is 0.302 bits per heavy atom. The normalized spacial score (nSPS) is 10.9. The first kappa shape index (κ1) is 26.5. The van der Waals surface area contributed by atoms with E-state index < -0.39 is 0 Å². The van der Waals surface area contributed by atoms with Crippen molar-refractivity contribution in [2.24, 2.45) is 0 Å². The van der Waals surface area contributed by atoms with Gasteiger partial charge in [-0.2, -0.15) is 0 Å². The molecule has 0 N–H and O–H groups in total. The molecule has 0 fully saturated rings. The van der Waals surface area contributed by atoms with Crippen molar-refractivity contribution in [3.05, 3.63) is 163 Å². The lowest BCUT2D eigenvalue weighted by Crippen LogP contribution is -2.01. The minimum absolute atomic E-state index is 0.610. The molecule has 1 heterocycles. The van der Waals surface area contributed by atoms with Crippen molar-refractivity contribution >= 4 is 11.6 Å². The van der Waals surface area contributed by atoms with Crippen LogP contribution in [-0.4, -0.2) is 15.0 Å². The molecule has 0 saturated heterocycles. The number of hydrogen-bond acceptors (Lipinski definition) is 3. The van der Waals surface area contributed by atoms with Crippen LogP contribution in [0.3, 0.4) is 0 Å². The molecule has 204 valence electrons. The van der Waals surface area contributed by atoms with Gasteiger partial charge in [-0.1, -0.05) is 151 Å². The summed E-state index contributed by atoms with van der Waals surface area (Å²) in [6.45, 7) is 0. The molecule has 1 aromatic heterocycles. The van der Waals surface area contributed by atoms with Gasteiger partial charge in [-0.15, -0.1) is 0 Å². The summed E-state index contributed by atoms with van der Waals surface area (Å²) in [6.07, 6.45) is 0. The molecule has 4 heteroatoms. The summed E-state index contributed by atoms with van der Waals surface area (Å²) in [5.74, 6) is 1.86. The molecule has 0 atom stereocenters. The maximum absolute atomic E-state index is 6.31. The van der Waals surface area contributed by atoms with Crippen LogP contribution in [0.25, 0.3) is 67.5 Å². The van der Waals surface area contributed by atoms with Gasteiger partial charge in [0.15, 0.2) is 17.5 Å². The lowest BCUT2D eigenvalue weighted by molar-refractivity contribution is 1.07. The van der Waals surface area contributed by atoms with Crippen LogP contribution in [0.5, 0.6) is 0 Å². The standard InChI is InChI=1S/C39H26ClN3/c40-34-18-10-16-32(26-34)31-15-9-17-33(25-31)38-41-37(30-23-21-28(22-24-30)27-11-3-1-4-12-27)42-39(43-38)36-20-8-7-19-35(36)29-13-5-2-6-14-29/h1-26H. The lowest BCUT2D eigenvalue weighted by atomic mass is 9.99. The first-order valence-corrected chi connectivity index (χ1v) is 14.5. The highest BCUT2D eigenvalue weighted by Gasteiger charge is 2.16. The highest BCUT2D eigenvalue weighted by molar-refractivity contribution is 6.30. The van der Waals surface area contributed by atoms with Crippen LogP contribution in [0.2, 0.25) is 5.02 Å². The van der Waals surface area contributed by atoms with Gasteiger partial charge in [-0.3, -0.25) is 0 Å². The maximum Gasteiger partial charge on any atom is 0.164 e. The Labute approximate surface area is 256 Å². The van der Waals surface area contributed by atoms with Gasteiger partial charge in [0.2, 0.25) is 0 Å². The van der Waals surface area contributed by atoms with Crippen molar-refractivity contribution in [3.8, 4) is 67.5 Å². The van der Waals surface area contributed by atoms with Crippen LogP contribution in [0.15, 0.2) is 158 Å². The molecule has 0 saturated carbocycles. The van der Waals surface area contributed by atoms with E-state index in [-0.39, 0.29) is 0 Å². The fourth-order valence-electron chi connectivity index (χ4n) is 5.25. The van der Waals surface area contributed by atoms with E-state index in [1.807, 2.05) is 66.7 Å². The lowest BCUT2D eigenvalue weighted by Gasteiger charge is -2.13. The van der Waals surface area contributed by atoms with E-state index in [2.05, 4.69) is 91.0 Å². The predicted octanol–water partition coefficient (Wildman–Crippen LogP) is 10.5. The van der Waals surface area contributed by atoms with Crippen LogP contribution in [0, 0.1) is 0 Å². The fraction of sp³-hybridized carbons (Fsp3) is 0.